The lowest BCUT2D eigenvalue weighted by atomic mass is 9.92. The molecule has 1 heteroatoms. The second kappa shape index (κ2) is 4.91. The summed E-state index contributed by atoms with van der Waals surface area (Å²) < 4.78 is 0. The highest BCUT2D eigenvalue weighted by molar-refractivity contribution is 6.80. The van der Waals surface area contributed by atoms with Gasteiger partial charge in [-0.05, 0) is 41.2 Å². The van der Waals surface area contributed by atoms with Crippen LogP contribution in [0.3, 0.4) is 0 Å². The minimum absolute atomic E-state index is 0.855. The molecule has 0 bridgehead atoms. The largest absolute Gasteiger partial charge is 0.0808 e. The molecule has 0 spiro atoms. The Kier molecular flexibility index (Phi) is 3.53. The molecule has 2 fully saturated rings. The van der Waals surface area contributed by atoms with E-state index in [0.717, 1.165) is 34.8 Å². The fourth-order valence-electron chi connectivity index (χ4n) is 5.97. The van der Waals surface area contributed by atoms with Crippen molar-refractivity contribution in [2.75, 3.05) is 0 Å². The Morgan fingerprint density at radius 2 is 1.68 bits per heavy atom. The Bertz CT molecular complexity index is 392. The number of hydrogen-bond donors (Lipinski definition) is 0. The molecule has 0 aromatic heterocycles. The fraction of sp³-hybridized carbons (Fsp3) is 0.778. The van der Waals surface area contributed by atoms with Crippen LogP contribution in [0.4, 0.5) is 0 Å². The van der Waals surface area contributed by atoms with Gasteiger partial charge in [0.25, 0.3) is 0 Å². The summed E-state index contributed by atoms with van der Waals surface area (Å²) in [5.74, 6) is 3.66. The van der Waals surface area contributed by atoms with E-state index in [1.54, 1.807) is 0 Å². The average molecular weight is 275 g/mol. The lowest BCUT2D eigenvalue weighted by Gasteiger charge is -2.43. The number of allylic oxidation sites excluding steroid dienone is 4. The van der Waals surface area contributed by atoms with E-state index in [0.29, 0.717) is 0 Å². The van der Waals surface area contributed by atoms with Crippen molar-refractivity contribution >= 4 is 8.07 Å². The first-order valence-corrected chi connectivity index (χ1v) is 11.5. The molecule has 0 N–H and O–H groups in total. The first kappa shape index (κ1) is 13.7. The third-order valence-electron chi connectivity index (χ3n) is 6.65. The summed E-state index contributed by atoms with van der Waals surface area (Å²) in [5, 5.41) is 0. The molecule has 0 saturated heterocycles. The van der Waals surface area contributed by atoms with Gasteiger partial charge in [-0.1, -0.05) is 70.5 Å². The standard InChI is InChI=1S/C18H30Si/c1-13-8-7-11-17(13)19(3,4)18-14(2)12-15-9-5-6-10-16(15)18/h5-6,9-10,13-18H,7-8,11-12H2,1-4H3. The van der Waals surface area contributed by atoms with Gasteiger partial charge < -0.3 is 0 Å². The normalized spacial score (nSPS) is 45.7. The molecule has 3 aliphatic rings. The van der Waals surface area contributed by atoms with Crippen LogP contribution < -0.4 is 0 Å². The minimum atomic E-state index is -1.16. The number of hydrogen-bond acceptors (Lipinski definition) is 0. The zero-order chi connectivity index (χ0) is 13.6. The third kappa shape index (κ3) is 2.18. The molecule has 0 nitrogen and oxygen atoms in total. The van der Waals surface area contributed by atoms with E-state index in [9.17, 15) is 0 Å². The van der Waals surface area contributed by atoms with Gasteiger partial charge in [0.15, 0.2) is 0 Å². The molecule has 3 rings (SSSR count). The molecule has 3 aliphatic carbocycles. The van der Waals surface area contributed by atoms with Gasteiger partial charge in [-0.15, -0.1) is 0 Å². The van der Waals surface area contributed by atoms with E-state index in [1.807, 2.05) is 0 Å². The van der Waals surface area contributed by atoms with Gasteiger partial charge in [-0.2, -0.15) is 0 Å². The molecular weight excluding hydrogens is 244 g/mol. The van der Waals surface area contributed by atoms with E-state index in [-0.39, 0.29) is 0 Å². The molecule has 0 aromatic carbocycles. The van der Waals surface area contributed by atoms with Crippen LogP contribution in [0.15, 0.2) is 24.3 Å². The van der Waals surface area contributed by atoms with Crippen molar-refractivity contribution in [3.8, 4) is 0 Å². The first-order chi connectivity index (χ1) is 9.01. The van der Waals surface area contributed by atoms with E-state index < -0.39 is 8.07 Å². The van der Waals surface area contributed by atoms with Gasteiger partial charge >= 0.3 is 0 Å². The zero-order valence-corrected chi connectivity index (χ0v) is 14.1. The maximum atomic E-state index is 2.72. The fourth-order valence-corrected chi connectivity index (χ4v) is 12.0. The van der Waals surface area contributed by atoms with E-state index in [1.165, 1.54) is 25.7 Å². The summed E-state index contributed by atoms with van der Waals surface area (Å²) in [5.41, 5.74) is 2.10. The smallest absolute Gasteiger partial charge is 0.0547 e. The Balaban J connectivity index is 1.87. The van der Waals surface area contributed by atoms with E-state index >= 15 is 0 Å². The molecule has 19 heavy (non-hydrogen) atoms. The van der Waals surface area contributed by atoms with Crippen LogP contribution in [-0.2, 0) is 0 Å². The lowest BCUT2D eigenvalue weighted by Crippen LogP contribution is -2.43. The van der Waals surface area contributed by atoms with Crippen molar-refractivity contribution in [1.29, 1.82) is 0 Å². The third-order valence-corrected chi connectivity index (χ3v) is 12.1. The second-order valence-electron chi connectivity index (χ2n) is 8.09. The lowest BCUT2D eigenvalue weighted by molar-refractivity contribution is 0.514. The van der Waals surface area contributed by atoms with Crippen LogP contribution in [0.25, 0.3) is 0 Å². The van der Waals surface area contributed by atoms with Gasteiger partial charge in [0.05, 0.1) is 8.07 Å². The van der Waals surface area contributed by atoms with Crippen molar-refractivity contribution in [3.05, 3.63) is 24.3 Å². The molecule has 0 aliphatic heterocycles. The molecule has 6 atom stereocenters. The van der Waals surface area contributed by atoms with Crippen LogP contribution in [0, 0.1) is 23.7 Å². The summed E-state index contributed by atoms with van der Waals surface area (Å²) in [7, 11) is -1.16. The van der Waals surface area contributed by atoms with Gasteiger partial charge in [-0.3, -0.25) is 0 Å². The summed E-state index contributed by atoms with van der Waals surface area (Å²) >= 11 is 0. The molecule has 0 heterocycles. The molecule has 2 saturated carbocycles. The van der Waals surface area contributed by atoms with Crippen LogP contribution in [0.5, 0.6) is 0 Å². The van der Waals surface area contributed by atoms with Crippen LogP contribution >= 0.6 is 0 Å². The van der Waals surface area contributed by atoms with Gasteiger partial charge in [0.1, 0.15) is 0 Å². The van der Waals surface area contributed by atoms with Crippen molar-refractivity contribution in [1.82, 2.24) is 0 Å². The van der Waals surface area contributed by atoms with Crippen LogP contribution in [0.2, 0.25) is 24.2 Å². The summed E-state index contributed by atoms with van der Waals surface area (Å²) in [6, 6.07) is 0. The quantitative estimate of drug-likeness (QED) is 0.570. The zero-order valence-electron chi connectivity index (χ0n) is 13.1. The molecule has 0 amide bonds. The maximum absolute atomic E-state index is 2.72. The minimum Gasteiger partial charge on any atom is -0.0808 e. The predicted octanol–water partition coefficient (Wildman–Crippen LogP) is 5.65. The summed E-state index contributed by atoms with van der Waals surface area (Å²) in [4.78, 5) is 0. The van der Waals surface area contributed by atoms with Crippen LogP contribution in [0.1, 0.15) is 39.5 Å². The average Bonchev–Trinajstić information content (AvgIpc) is 2.91. The topological polar surface area (TPSA) is 0 Å². The maximum Gasteiger partial charge on any atom is 0.0547 e. The van der Waals surface area contributed by atoms with Gasteiger partial charge in [0.2, 0.25) is 0 Å². The summed E-state index contributed by atoms with van der Waals surface area (Å²) in [6.45, 7) is 10.5. The highest BCUT2D eigenvalue weighted by Gasteiger charge is 2.52. The SMILES string of the molecule is CC1CCCC1[Si](C)(C)C1C(C)CC2C=CC=CC21. The first-order valence-electron chi connectivity index (χ1n) is 8.37. The van der Waals surface area contributed by atoms with Crippen molar-refractivity contribution < 1.29 is 0 Å². The number of rotatable bonds is 2. The van der Waals surface area contributed by atoms with Gasteiger partial charge in [0, 0.05) is 0 Å². The van der Waals surface area contributed by atoms with E-state index in [2.05, 4.69) is 51.2 Å². The Morgan fingerprint density at radius 3 is 2.37 bits per heavy atom. The van der Waals surface area contributed by atoms with Crippen LogP contribution in [-0.4, -0.2) is 8.07 Å². The number of fused-ring (bicyclic) bond motifs is 1. The Labute approximate surface area is 120 Å². The highest BCUT2D eigenvalue weighted by Crippen LogP contribution is 2.58. The molecule has 106 valence electrons. The van der Waals surface area contributed by atoms with Crippen molar-refractivity contribution in [3.63, 3.8) is 0 Å². The van der Waals surface area contributed by atoms with Crippen molar-refractivity contribution in [2.45, 2.75) is 63.7 Å². The van der Waals surface area contributed by atoms with E-state index in [4.69, 9.17) is 0 Å². The summed E-state index contributed by atoms with van der Waals surface area (Å²) in [6.07, 6.45) is 15.6. The highest BCUT2D eigenvalue weighted by atomic mass is 28.3. The molecule has 0 aromatic rings. The monoisotopic (exact) mass is 274 g/mol. The second-order valence-corrected chi connectivity index (χ2v) is 13.1. The Morgan fingerprint density at radius 1 is 0.947 bits per heavy atom. The predicted molar refractivity (Wildman–Crippen MR) is 87.0 cm³/mol. The van der Waals surface area contributed by atoms with Gasteiger partial charge in [-0.25, -0.2) is 0 Å². The Hall–Kier alpha value is -0.303. The molecular formula is C18H30Si. The molecule has 6 unspecified atom stereocenters. The van der Waals surface area contributed by atoms with Crippen molar-refractivity contribution in [2.24, 2.45) is 23.7 Å². The molecule has 0 radical (unpaired) electrons.